The van der Waals surface area contributed by atoms with Gasteiger partial charge in [0.2, 0.25) is 0 Å². The van der Waals surface area contributed by atoms with Crippen LogP contribution in [0.2, 0.25) is 0 Å². The van der Waals surface area contributed by atoms with E-state index in [1.54, 1.807) is 0 Å². The van der Waals surface area contributed by atoms with E-state index in [1.165, 1.54) is 55.2 Å². The lowest BCUT2D eigenvalue weighted by atomic mass is 10.00. The molecule has 2 nitrogen and oxygen atoms in total. The molecule has 0 amide bonds. The molecule has 236 valence electrons. The van der Waals surface area contributed by atoms with Gasteiger partial charge in [-0.3, -0.25) is 0 Å². The van der Waals surface area contributed by atoms with Gasteiger partial charge in [0.15, 0.2) is 0 Å². The molecule has 0 saturated carbocycles. The zero-order valence-corrected chi connectivity index (χ0v) is 27.5. The molecule has 0 spiro atoms. The Balaban J connectivity index is 1.14. The monoisotopic (exact) mass is 638 g/mol. The molecule has 0 aliphatic rings. The zero-order valence-electron chi connectivity index (χ0n) is 27.5. The van der Waals surface area contributed by atoms with E-state index in [2.05, 4.69) is 216 Å². The summed E-state index contributed by atoms with van der Waals surface area (Å²) in [6.45, 7) is 0. The fourth-order valence-corrected chi connectivity index (χ4v) is 7.12. The molecular formula is C48H34N2. The van der Waals surface area contributed by atoms with Crippen molar-refractivity contribution in [3.05, 3.63) is 206 Å². The second-order valence-corrected chi connectivity index (χ2v) is 12.6. The molecule has 1 aromatic heterocycles. The van der Waals surface area contributed by atoms with Gasteiger partial charge in [-0.2, -0.15) is 0 Å². The largest absolute Gasteiger partial charge is 0.310 e. The minimum atomic E-state index is 1.10. The number of hydrogen-bond donors (Lipinski definition) is 0. The average Bonchev–Trinajstić information content (AvgIpc) is 3.53. The van der Waals surface area contributed by atoms with Gasteiger partial charge in [0, 0.05) is 33.5 Å². The number of benzene rings is 8. The van der Waals surface area contributed by atoms with Crippen molar-refractivity contribution in [2.24, 2.45) is 0 Å². The van der Waals surface area contributed by atoms with Gasteiger partial charge in [-0.1, -0.05) is 146 Å². The molecule has 0 saturated heterocycles. The first kappa shape index (κ1) is 29.5. The van der Waals surface area contributed by atoms with Crippen molar-refractivity contribution in [1.82, 2.24) is 4.57 Å². The summed E-state index contributed by atoms with van der Waals surface area (Å²) in [6, 6.07) is 74.0. The van der Waals surface area contributed by atoms with Crippen molar-refractivity contribution in [2.75, 3.05) is 4.90 Å². The van der Waals surface area contributed by atoms with E-state index in [4.69, 9.17) is 0 Å². The van der Waals surface area contributed by atoms with Crippen molar-refractivity contribution in [2.45, 2.75) is 0 Å². The Hall–Kier alpha value is -6.64. The van der Waals surface area contributed by atoms with Crippen LogP contribution in [-0.4, -0.2) is 4.57 Å². The predicted molar refractivity (Wildman–Crippen MR) is 212 cm³/mol. The SMILES string of the molecule is c1ccc(-c2ccc(-c3ccc(N(c4ccc(-c5ccccc5)cc4)c4ccc5c(c4)c4ccccc4n5-c4ccccc4)cc3)cc2)cc1. The van der Waals surface area contributed by atoms with E-state index in [-0.39, 0.29) is 0 Å². The number of aromatic nitrogens is 1. The van der Waals surface area contributed by atoms with Gasteiger partial charge >= 0.3 is 0 Å². The van der Waals surface area contributed by atoms with E-state index in [0.717, 1.165) is 22.7 Å². The summed E-state index contributed by atoms with van der Waals surface area (Å²) in [7, 11) is 0. The highest BCUT2D eigenvalue weighted by molar-refractivity contribution is 6.10. The second-order valence-electron chi connectivity index (χ2n) is 12.6. The Morgan fingerprint density at radius 2 is 0.660 bits per heavy atom. The number of fused-ring (bicyclic) bond motifs is 3. The molecule has 0 aliphatic carbocycles. The molecule has 9 aromatic rings. The highest BCUT2D eigenvalue weighted by Gasteiger charge is 2.17. The first-order valence-electron chi connectivity index (χ1n) is 17.1. The fourth-order valence-electron chi connectivity index (χ4n) is 7.12. The Morgan fingerprint density at radius 1 is 0.280 bits per heavy atom. The molecule has 0 atom stereocenters. The van der Waals surface area contributed by atoms with Gasteiger partial charge in [0.05, 0.1) is 11.0 Å². The van der Waals surface area contributed by atoms with E-state index in [1.807, 2.05) is 0 Å². The summed E-state index contributed by atoms with van der Waals surface area (Å²) < 4.78 is 2.37. The molecule has 8 aromatic carbocycles. The smallest absolute Gasteiger partial charge is 0.0542 e. The lowest BCUT2D eigenvalue weighted by molar-refractivity contribution is 1.18. The topological polar surface area (TPSA) is 8.17 Å². The number of rotatable bonds is 7. The molecule has 0 N–H and O–H groups in total. The summed E-state index contributed by atoms with van der Waals surface area (Å²) in [5.74, 6) is 0. The van der Waals surface area contributed by atoms with Crippen LogP contribution in [0.1, 0.15) is 0 Å². The van der Waals surface area contributed by atoms with Crippen LogP contribution in [-0.2, 0) is 0 Å². The van der Waals surface area contributed by atoms with Crippen LogP contribution in [0.4, 0.5) is 17.1 Å². The Morgan fingerprint density at radius 3 is 1.18 bits per heavy atom. The Bertz CT molecular complexity index is 2530. The molecule has 0 aliphatic heterocycles. The van der Waals surface area contributed by atoms with E-state index in [9.17, 15) is 0 Å². The van der Waals surface area contributed by atoms with E-state index in [0.29, 0.717) is 0 Å². The highest BCUT2D eigenvalue weighted by atomic mass is 15.1. The lowest BCUT2D eigenvalue weighted by Crippen LogP contribution is -2.10. The molecule has 1 heterocycles. The lowest BCUT2D eigenvalue weighted by Gasteiger charge is -2.26. The quantitative estimate of drug-likeness (QED) is 0.169. The van der Waals surface area contributed by atoms with Gasteiger partial charge in [-0.05, 0) is 94.0 Å². The maximum atomic E-state index is 2.37. The summed E-state index contributed by atoms with van der Waals surface area (Å²) in [5.41, 5.74) is 14.1. The molecule has 2 heteroatoms. The van der Waals surface area contributed by atoms with Crippen LogP contribution in [0.5, 0.6) is 0 Å². The number of anilines is 3. The van der Waals surface area contributed by atoms with Gasteiger partial charge in [0.25, 0.3) is 0 Å². The summed E-state index contributed by atoms with van der Waals surface area (Å²) >= 11 is 0. The van der Waals surface area contributed by atoms with Crippen LogP contribution < -0.4 is 4.90 Å². The number of para-hydroxylation sites is 2. The van der Waals surface area contributed by atoms with Crippen molar-refractivity contribution in [1.29, 1.82) is 0 Å². The Kier molecular flexibility index (Phi) is 7.53. The van der Waals surface area contributed by atoms with Gasteiger partial charge in [-0.15, -0.1) is 0 Å². The van der Waals surface area contributed by atoms with E-state index >= 15 is 0 Å². The molecule has 0 bridgehead atoms. The number of nitrogens with zero attached hydrogens (tertiary/aromatic N) is 2. The number of hydrogen-bond acceptors (Lipinski definition) is 1. The molecule has 9 rings (SSSR count). The van der Waals surface area contributed by atoms with Crippen LogP contribution in [0.3, 0.4) is 0 Å². The average molecular weight is 639 g/mol. The Labute approximate surface area is 292 Å². The van der Waals surface area contributed by atoms with Crippen LogP contribution in [0.25, 0.3) is 60.9 Å². The third-order valence-corrected chi connectivity index (χ3v) is 9.61. The summed E-state index contributed by atoms with van der Waals surface area (Å²) in [4.78, 5) is 2.37. The normalized spacial score (nSPS) is 11.2. The minimum Gasteiger partial charge on any atom is -0.310 e. The van der Waals surface area contributed by atoms with Crippen molar-refractivity contribution < 1.29 is 0 Å². The molecule has 0 fully saturated rings. The van der Waals surface area contributed by atoms with Crippen LogP contribution in [0.15, 0.2) is 206 Å². The van der Waals surface area contributed by atoms with Crippen molar-refractivity contribution >= 4 is 38.9 Å². The maximum absolute atomic E-state index is 2.37. The predicted octanol–water partition coefficient (Wildman–Crippen LogP) is 13.3. The maximum Gasteiger partial charge on any atom is 0.0542 e. The zero-order chi connectivity index (χ0) is 33.3. The molecule has 0 unspecified atom stereocenters. The fraction of sp³-hybridized carbons (Fsp3) is 0. The molecule has 50 heavy (non-hydrogen) atoms. The third kappa shape index (κ3) is 5.43. The van der Waals surface area contributed by atoms with Crippen molar-refractivity contribution in [3.8, 4) is 39.1 Å². The van der Waals surface area contributed by atoms with Gasteiger partial charge < -0.3 is 9.47 Å². The molecular weight excluding hydrogens is 605 g/mol. The first-order chi connectivity index (χ1) is 24.8. The minimum absolute atomic E-state index is 1.10. The standard InChI is InChI=1S/C48H34N2/c1-4-12-35(13-5-1)37-20-22-38(23-21-37)40-26-30-43(31-27-40)49(42-28-24-39(25-29-42)36-14-6-2-7-15-36)44-32-33-48-46(34-44)45-18-10-11-19-47(45)50(48)41-16-8-3-9-17-41/h1-34H. The van der Waals surface area contributed by atoms with E-state index < -0.39 is 0 Å². The van der Waals surface area contributed by atoms with Crippen LogP contribution in [0, 0.1) is 0 Å². The first-order valence-corrected chi connectivity index (χ1v) is 17.1. The van der Waals surface area contributed by atoms with Gasteiger partial charge in [0.1, 0.15) is 0 Å². The summed E-state index contributed by atoms with van der Waals surface area (Å²) in [6.07, 6.45) is 0. The third-order valence-electron chi connectivity index (χ3n) is 9.61. The second kappa shape index (κ2) is 12.8. The van der Waals surface area contributed by atoms with Crippen molar-refractivity contribution in [3.63, 3.8) is 0 Å². The van der Waals surface area contributed by atoms with Gasteiger partial charge in [-0.25, -0.2) is 0 Å². The molecule has 0 radical (unpaired) electrons. The van der Waals surface area contributed by atoms with Crippen LogP contribution >= 0.6 is 0 Å². The highest BCUT2D eigenvalue weighted by Crippen LogP contribution is 2.40. The summed E-state index contributed by atoms with van der Waals surface area (Å²) in [5, 5.41) is 2.46.